The molecule has 160 valence electrons. The van der Waals surface area contributed by atoms with Gasteiger partial charge in [0.25, 0.3) is 5.91 Å². The zero-order valence-electron chi connectivity index (χ0n) is 16.7. The van der Waals surface area contributed by atoms with Gasteiger partial charge in [-0.25, -0.2) is 0 Å². The van der Waals surface area contributed by atoms with Crippen LogP contribution in [0.5, 0.6) is 11.5 Å². The van der Waals surface area contributed by atoms with Crippen molar-refractivity contribution in [1.29, 1.82) is 0 Å². The number of alkyl halides is 3. The first-order chi connectivity index (χ1) is 14.2. The number of nitrogens with one attached hydrogen (secondary N) is 1. The van der Waals surface area contributed by atoms with Crippen molar-refractivity contribution < 1.29 is 27.8 Å². The summed E-state index contributed by atoms with van der Waals surface area (Å²) in [5.74, 6) is -0.314. The van der Waals surface area contributed by atoms with Gasteiger partial charge in [-0.05, 0) is 49.2 Å². The summed E-state index contributed by atoms with van der Waals surface area (Å²) in [4.78, 5) is 16.6. The number of phenols is 1. The van der Waals surface area contributed by atoms with Gasteiger partial charge in [0.15, 0.2) is 6.10 Å². The molecule has 1 amide bonds. The highest BCUT2D eigenvalue weighted by Crippen LogP contribution is 2.36. The molecule has 0 saturated heterocycles. The van der Waals surface area contributed by atoms with Gasteiger partial charge in [-0.15, -0.1) is 0 Å². The lowest BCUT2D eigenvalue weighted by Crippen LogP contribution is -2.39. The summed E-state index contributed by atoms with van der Waals surface area (Å²) >= 11 is 0. The molecule has 30 heavy (non-hydrogen) atoms. The van der Waals surface area contributed by atoms with Crippen molar-refractivity contribution in [1.82, 2.24) is 5.32 Å². The number of ether oxygens (including phenoxy) is 1. The number of aromatic hydroxyl groups is 1. The van der Waals surface area contributed by atoms with Gasteiger partial charge in [0.05, 0.1) is 23.9 Å². The highest BCUT2D eigenvalue weighted by Gasteiger charge is 2.36. The van der Waals surface area contributed by atoms with Crippen molar-refractivity contribution in [2.24, 2.45) is 4.99 Å². The van der Waals surface area contributed by atoms with Gasteiger partial charge in [-0.1, -0.05) is 25.5 Å². The molecule has 1 heterocycles. The van der Waals surface area contributed by atoms with E-state index < -0.39 is 23.8 Å². The molecule has 0 fully saturated rings. The molecule has 8 heteroatoms. The van der Waals surface area contributed by atoms with Gasteiger partial charge in [0.1, 0.15) is 11.5 Å². The summed E-state index contributed by atoms with van der Waals surface area (Å²) < 4.78 is 46.0. The molecule has 0 spiro atoms. The van der Waals surface area contributed by atoms with E-state index in [4.69, 9.17) is 4.74 Å². The molecule has 2 aromatic carbocycles. The van der Waals surface area contributed by atoms with Crippen molar-refractivity contribution in [2.45, 2.75) is 45.0 Å². The number of benzene rings is 2. The van der Waals surface area contributed by atoms with Gasteiger partial charge in [-0.2, -0.15) is 13.2 Å². The number of halogens is 3. The SMILES string of the molecule is CCCC(Oc1ccc(C2=NC2)c(C(F)(F)F)c1)C(=O)NC(C)c1ccc(O)cc1. The zero-order chi connectivity index (χ0) is 21.9. The van der Waals surface area contributed by atoms with E-state index in [9.17, 15) is 23.1 Å². The Labute approximate surface area is 172 Å². The van der Waals surface area contributed by atoms with Crippen LogP contribution in [0.25, 0.3) is 0 Å². The largest absolute Gasteiger partial charge is 0.508 e. The van der Waals surface area contributed by atoms with E-state index in [2.05, 4.69) is 10.3 Å². The van der Waals surface area contributed by atoms with Gasteiger partial charge >= 0.3 is 6.18 Å². The Kier molecular flexibility index (Phi) is 6.34. The van der Waals surface area contributed by atoms with Crippen LogP contribution in [0.15, 0.2) is 47.5 Å². The molecular formula is C22H23F3N2O3. The number of hydrogen-bond donors (Lipinski definition) is 2. The smallest absolute Gasteiger partial charge is 0.417 e. The van der Waals surface area contributed by atoms with Crippen LogP contribution in [-0.4, -0.2) is 29.4 Å². The molecule has 5 nitrogen and oxygen atoms in total. The van der Waals surface area contributed by atoms with Crippen LogP contribution < -0.4 is 10.1 Å². The molecule has 2 atom stereocenters. The summed E-state index contributed by atoms with van der Waals surface area (Å²) in [7, 11) is 0. The van der Waals surface area contributed by atoms with E-state index in [1.54, 1.807) is 19.1 Å². The first-order valence-electron chi connectivity index (χ1n) is 9.70. The second-order valence-corrected chi connectivity index (χ2v) is 7.19. The van der Waals surface area contributed by atoms with E-state index in [1.165, 1.54) is 24.3 Å². The van der Waals surface area contributed by atoms with Crippen LogP contribution in [0, 0.1) is 0 Å². The minimum Gasteiger partial charge on any atom is -0.508 e. The van der Waals surface area contributed by atoms with Crippen molar-refractivity contribution in [3.05, 3.63) is 59.2 Å². The summed E-state index contributed by atoms with van der Waals surface area (Å²) in [6, 6.07) is 9.74. The van der Waals surface area contributed by atoms with E-state index in [0.29, 0.717) is 25.1 Å². The predicted octanol–water partition coefficient (Wildman–Crippen LogP) is 4.64. The van der Waals surface area contributed by atoms with Crippen LogP contribution >= 0.6 is 0 Å². The van der Waals surface area contributed by atoms with Gasteiger partial charge < -0.3 is 15.2 Å². The zero-order valence-corrected chi connectivity index (χ0v) is 16.7. The van der Waals surface area contributed by atoms with E-state index in [-0.39, 0.29) is 23.1 Å². The molecule has 2 aromatic rings. The lowest BCUT2D eigenvalue weighted by atomic mass is 10.0. The third-order valence-corrected chi connectivity index (χ3v) is 4.80. The fraction of sp³-hybridized carbons (Fsp3) is 0.364. The standard InChI is InChI=1S/C22H23F3N2O3/c1-3-4-20(21(29)27-13(2)14-5-7-15(28)8-6-14)30-16-9-10-17(19-12-26-19)18(11-16)22(23,24)25/h5-11,13,20,28H,3-4,12H2,1-2H3,(H,27,29). The Hall–Kier alpha value is -3.03. The number of phenolic OH excluding ortho intramolecular Hbond substituents is 1. The summed E-state index contributed by atoms with van der Waals surface area (Å²) in [5, 5.41) is 12.2. The van der Waals surface area contributed by atoms with Crippen LogP contribution in [0.1, 0.15) is 49.4 Å². The number of carbonyl (C=O) groups is 1. The molecule has 1 aliphatic rings. The molecular weight excluding hydrogens is 397 g/mol. The highest BCUT2D eigenvalue weighted by molar-refractivity contribution is 6.11. The van der Waals surface area contributed by atoms with Gasteiger partial charge in [0, 0.05) is 5.56 Å². The fourth-order valence-electron chi connectivity index (χ4n) is 3.12. The average molecular weight is 420 g/mol. The lowest BCUT2D eigenvalue weighted by molar-refractivity contribution is -0.137. The maximum Gasteiger partial charge on any atom is 0.417 e. The molecule has 0 radical (unpaired) electrons. The Morgan fingerprint density at radius 2 is 1.90 bits per heavy atom. The molecule has 2 N–H and O–H groups in total. The van der Waals surface area contributed by atoms with Crippen LogP contribution in [-0.2, 0) is 11.0 Å². The first-order valence-corrected chi connectivity index (χ1v) is 9.70. The Morgan fingerprint density at radius 1 is 1.23 bits per heavy atom. The number of amides is 1. The molecule has 0 saturated carbocycles. The second-order valence-electron chi connectivity index (χ2n) is 7.19. The van der Waals surface area contributed by atoms with E-state index in [1.807, 2.05) is 6.92 Å². The number of nitrogens with zero attached hydrogens (tertiary/aromatic N) is 1. The Balaban J connectivity index is 1.75. The first kappa shape index (κ1) is 21.7. The van der Waals surface area contributed by atoms with Crippen molar-refractivity contribution >= 4 is 11.6 Å². The topological polar surface area (TPSA) is 70.9 Å². The van der Waals surface area contributed by atoms with Gasteiger partial charge in [0.2, 0.25) is 0 Å². The Morgan fingerprint density at radius 3 is 2.47 bits per heavy atom. The lowest BCUT2D eigenvalue weighted by Gasteiger charge is -2.22. The molecule has 1 aliphatic heterocycles. The fourth-order valence-corrected chi connectivity index (χ4v) is 3.12. The van der Waals surface area contributed by atoms with Crippen molar-refractivity contribution in [3.63, 3.8) is 0 Å². The highest BCUT2D eigenvalue weighted by atomic mass is 19.4. The third kappa shape index (κ3) is 5.31. The summed E-state index contributed by atoms with van der Waals surface area (Å²) in [6.07, 6.45) is -4.51. The molecule has 0 aliphatic carbocycles. The summed E-state index contributed by atoms with van der Waals surface area (Å²) in [6.45, 7) is 3.95. The quantitative estimate of drug-likeness (QED) is 0.654. The second kappa shape index (κ2) is 8.77. The average Bonchev–Trinajstić information content (AvgIpc) is 3.52. The monoisotopic (exact) mass is 420 g/mol. The molecule has 3 rings (SSSR count). The minimum absolute atomic E-state index is 0.0155. The molecule has 0 aromatic heterocycles. The molecule has 0 bridgehead atoms. The van der Waals surface area contributed by atoms with Gasteiger partial charge in [-0.3, -0.25) is 9.79 Å². The third-order valence-electron chi connectivity index (χ3n) is 4.80. The normalized spacial score (nSPS) is 15.2. The predicted molar refractivity (Wildman–Crippen MR) is 107 cm³/mol. The Bertz CT molecular complexity index is 940. The number of carbonyl (C=O) groups excluding carboxylic acids is 1. The number of hydrogen-bond acceptors (Lipinski definition) is 4. The van der Waals surface area contributed by atoms with E-state index in [0.717, 1.165) is 11.6 Å². The maximum absolute atomic E-state index is 13.4. The number of aliphatic imine (C=N–C) groups is 1. The van der Waals surface area contributed by atoms with Crippen LogP contribution in [0.3, 0.4) is 0 Å². The molecule has 2 unspecified atom stereocenters. The number of rotatable bonds is 8. The van der Waals surface area contributed by atoms with E-state index >= 15 is 0 Å². The summed E-state index contributed by atoms with van der Waals surface area (Å²) in [5.41, 5.74) is 0.432. The van der Waals surface area contributed by atoms with Crippen molar-refractivity contribution in [3.8, 4) is 11.5 Å². The van der Waals surface area contributed by atoms with Crippen LogP contribution in [0.2, 0.25) is 0 Å². The maximum atomic E-state index is 13.4. The van der Waals surface area contributed by atoms with Crippen LogP contribution in [0.4, 0.5) is 13.2 Å². The minimum atomic E-state index is -4.55. The van der Waals surface area contributed by atoms with Crippen molar-refractivity contribution in [2.75, 3.05) is 6.54 Å².